The molecule has 0 bridgehead atoms. The number of aliphatic imine (C=N–C) groups is 1. The van der Waals surface area contributed by atoms with Crippen LogP contribution < -0.4 is 16.4 Å². The highest BCUT2D eigenvalue weighted by Gasteiger charge is 2.17. The highest BCUT2D eigenvalue weighted by atomic mass is 127. The lowest BCUT2D eigenvalue weighted by molar-refractivity contribution is 0.0523. The summed E-state index contributed by atoms with van der Waals surface area (Å²) in [6.07, 6.45) is 4.80. The Bertz CT molecular complexity index is 343. The average Bonchev–Trinajstić information content (AvgIpc) is 2.40. The lowest BCUT2D eigenvalue weighted by Gasteiger charge is -2.23. The largest absolute Gasteiger partial charge is 0.444 e. The van der Waals surface area contributed by atoms with Gasteiger partial charge in [0.05, 0.1) is 0 Å². The van der Waals surface area contributed by atoms with Crippen molar-refractivity contribution >= 4 is 36.0 Å². The maximum atomic E-state index is 11.7. The monoisotopic (exact) mass is 442 g/mol. The number of ether oxygens (including phenoxy) is 1. The zero-order valence-corrected chi connectivity index (χ0v) is 17.6. The van der Waals surface area contributed by atoms with E-state index in [2.05, 4.69) is 29.5 Å². The number of rotatable bonds is 9. The lowest BCUT2D eigenvalue weighted by atomic mass is 10.1. The summed E-state index contributed by atoms with van der Waals surface area (Å²) in [7, 11) is 0. The van der Waals surface area contributed by atoms with Gasteiger partial charge in [-0.2, -0.15) is 0 Å². The first kappa shape index (κ1) is 24.5. The number of halogens is 1. The van der Waals surface area contributed by atoms with Crippen molar-refractivity contribution in [2.24, 2.45) is 10.7 Å². The Balaban J connectivity index is 0. The predicted octanol–water partition coefficient (Wildman–Crippen LogP) is 3.39. The molecule has 0 aromatic heterocycles. The van der Waals surface area contributed by atoms with Gasteiger partial charge in [-0.25, -0.2) is 4.79 Å². The summed E-state index contributed by atoms with van der Waals surface area (Å²) < 4.78 is 5.24. The van der Waals surface area contributed by atoms with Crippen LogP contribution in [0.15, 0.2) is 4.99 Å². The van der Waals surface area contributed by atoms with Gasteiger partial charge < -0.3 is 21.1 Å². The molecule has 0 fully saturated rings. The third kappa shape index (κ3) is 15.9. The van der Waals surface area contributed by atoms with Crippen molar-refractivity contribution in [3.8, 4) is 0 Å². The minimum Gasteiger partial charge on any atom is -0.444 e. The van der Waals surface area contributed by atoms with Crippen LogP contribution in [0.3, 0.4) is 0 Å². The van der Waals surface area contributed by atoms with E-state index in [1.807, 2.05) is 20.8 Å². The minimum absolute atomic E-state index is 0. The van der Waals surface area contributed by atoms with Gasteiger partial charge in [0.1, 0.15) is 5.60 Å². The van der Waals surface area contributed by atoms with Gasteiger partial charge in [0.15, 0.2) is 5.96 Å². The van der Waals surface area contributed by atoms with Crippen LogP contribution >= 0.6 is 24.0 Å². The maximum Gasteiger partial charge on any atom is 0.407 e. The molecule has 0 saturated heterocycles. The molecule has 7 heteroatoms. The summed E-state index contributed by atoms with van der Waals surface area (Å²) in [6, 6.07) is 0.0674. The summed E-state index contributed by atoms with van der Waals surface area (Å²) in [5.74, 6) is 0.445. The van der Waals surface area contributed by atoms with Crippen LogP contribution in [0.5, 0.6) is 0 Å². The number of amides is 1. The molecular weight excluding hydrogens is 407 g/mol. The summed E-state index contributed by atoms with van der Waals surface area (Å²) in [4.78, 5) is 16.0. The van der Waals surface area contributed by atoms with Gasteiger partial charge in [0.25, 0.3) is 0 Å². The maximum absolute atomic E-state index is 11.7. The van der Waals surface area contributed by atoms with Gasteiger partial charge in [0, 0.05) is 19.1 Å². The van der Waals surface area contributed by atoms with E-state index in [4.69, 9.17) is 10.5 Å². The lowest BCUT2D eigenvalue weighted by Crippen LogP contribution is -2.47. The highest BCUT2D eigenvalue weighted by Crippen LogP contribution is 2.06. The molecule has 1 amide bonds. The Hall–Kier alpha value is -0.730. The van der Waals surface area contributed by atoms with Crippen LogP contribution in [-0.4, -0.2) is 36.8 Å². The van der Waals surface area contributed by atoms with E-state index in [1.165, 1.54) is 0 Å². The summed E-state index contributed by atoms with van der Waals surface area (Å²) in [6.45, 7) is 11.0. The number of nitrogens with zero attached hydrogens (tertiary/aromatic N) is 1. The van der Waals surface area contributed by atoms with Gasteiger partial charge in [-0.3, -0.25) is 4.99 Å². The van der Waals surface area contributed by atoms with E-state index in [0.717, 1.165) is 38.6 Å². The number of unbranched alkanes of at least 4 members (excludes halogenated alkanes) is 2. The molecule has 4 N–H and O–H groups in total. The van der Waals surface area contributed by atoms with Crippen LogP contribution in [0.25, 0.3) is 0 Å². The highest BCUT2D eigenvalue weighted by molar-refractivity contribution is 14.0. The number of carbonyl (C=O) groups is 1. The smallest absolute Gasteiger partial charge is 0.407 e. The van der Waals surface area contributed by atoms with E-state index in [0.29, 0.717) is 12.5 Å². The predicted molar refractivity (Wildman–Crippen MR) is 107 cm³/mol. The van der Waals surface area contributed by atoms with Gasteiger partial charge in [-0.1, -0.05) is 33.1 Å². The average molecular weight is 442 g/mol. The Labute approximate surface area is 158 Å². The number of carbonyl (C=O) groups excluding carboxylic acids is 1. The topological polar surface area (TPSA) is 88.7 Å². The normalized spacial score (nSPS) is 13.0. The fourth-order valence-electron chi connectivity index (χ4n) is 1.81. The number of nitrogens with one attached hydrogen (secondary N) is 2. The van der Waals surface area contributed by atoms with E-state index in [-0.39, 0.29) is 30.0 Å². The molecule has 0 aromatic carbocycles. The summed E-state index contributed by atoms with van der Waals surface area (Å²) in [5, 5.41) is 5.97. The Morgan fingerprint density at radius 2 is 1.83 bits per heavy atom. The molecule has 0 radical (unpaired) electrons. The molecule has 0 aliphatic carbocycles. The first-order chi connectivity index (χ1) is 10.3. The van der Waals surface area contributed by atoms with Crippen LogP contribution in [0.1, 0.15) is 66.7 Å². The molecule has 0 aromatic rings. The zero-order chi connectivity index (χ0) is 17.0. The van der Waals surface area contributed by atoms with Crippen LogP contribution in [0.4, 0.5) is 4.79 Å². The second-order valence-corrected chi connectivity index (χ2v) is 6.49. The Morgan fingerprint density at radius 1 is 1.22 bits per heavy atom. The standard InChI is InChI=1S/C16H34N4O2.HI/c1-6-8-10-13(20-14(17)18-11-9-7-2)12-19-15(21)22-16(3,4)5;/h13H,6-12H2,1-5H3,(H,19,21)(H3,17,18,20);1H. The molecule has 0 aliphatic heterocycles. The molecule has 0 heterocycles. The number of hydrogen-bond acceptors (Lipinski definition) is 3. The first-order valence-electron chi connectivity index (χ1n) is 8.31. The zero-order valence-electron chi connectivity index (χ0n) is 15.3. The molecule has 0 aliphatic rings. The molecule has 1 atom stereocenters. The van der Waals surface area contributed by atoms with Crippen molar-refractivity contribution in [1.82, 2.24) is 10.6 Å². The fraction of sp³-hybridized carbons (Fsp3) is 0.875. The number of hydrogen-bond donors (Lipinski definition) is 3. The second kappa shape index (κ2) is 13.7. The number of guanidine groups is 1. The third-order valence-corrected chi connectivity index (χ3v) is 2.94. The van der Waals surface area contributed by atoms with Crippen molar-refractivity contribution in [3.05, 3.63) is 0 Å². The molecule has 1 unspecified atom stereocenters. The van der Waals surface area contributed by atoms with E-state index >= 15 is 0 Å². The molecule has 23 heavy (non-hydrogen) atoms. The summed E-state index contributed by atoms with van der Waals surface area (Å²) >= 11 is 0. The van der Waals surface area contributed by atoms with Gasteiger partial charge in [-0.05, 0) is 33.6 Å². The van der Waals surface area contributed by atoms with Crippen molar-refractivity contribution in [1.29, 1.82) is 0 Å². The first-order valence-corrected chi connectivity index (χ1v) is 8.31. The van der Waals surface area contributed by atoms with Crippen molar-refractivity contribution in [3.63, 3.8) is 0 Å². The third-order valence-electron chi connectivity index (χ3n) is 2.94. The quantitative estimate of drug-likeness (QED) is 0.221. The van der Waals surface area contributed by atoms with Crippen molar-refractivity contribution in [2.75, 3.05) is 13.1 Å². The van der Waals surface area contributed by atoms with Gasteiger partial charge in [-0.15, -0.1) is 24.0 Å². The number of alkyl carbamates (subject to hydrolysis) is 1. The fourth-order valence-corrected chi connectivity index (χ4v) is 1.81. The molecular formula is C16H35IN4O2. The molecule has 138 valence electrons. The van der Waals surface area contributed by atoms with Gasteiger partial charge in [0.2, 0.25) is 0 Å². The van der Waals surface area contributed by atoms with E-state index in [1.54, 1.807) is 0 Å². The second-order valence-electron chi connectivity index (χ2n) is 6.49. The van der Waals surface area contributed by atoms with Crippen LogP contribution in [-0.2, 0) is 4.74 Å². The minimum atomic E-state index is -0.489. The SMILES string of the molecule is CCCCN=C(N)NC(CCCC)CNC(=O)OC(C)(C)C.I. The molecule has 6 nitrogen and oxygen atoms in total. The molecule has 0 spiro atoms. The van der Waals surface area contributed by atoms with E-state index < -0.39 is 11.7 Å². The Morgan fingerprint density at radius 3 is 2.35 bits per heavy atom. The van der Waals surface area contributed by atoms with Gasteiger partial charge >= 0.3 is 6.09 Å². The number of nitrogens with two attached hydrogens (primary N) is 1. The van der Waals surface area contributed by atoms with Crippen LogP contribution in [0.2, 0.25) is 0 Å². The van der Waals surface area contributed by atoms with Crippen LogP contribution in [0, 0.1) is 0 Å². The van der Waals surface area contributed by atoms with Crippen molar-refractivity contribution < 1.29 is 9.53 Å². The molecule has 0 saturated carbocycles. The Kier molecular flexibility index (Phi) is 14.6. The van der Waals surface area contributed by atoms with E-state index in [9.17, 15) is 4.79 Å². The molecule has 0 rings (SSSR count). The summed E-state index contributed by atoms with van der Waals surface area (Å²) in [5.41, 5.74) is 5.40. The van der Waals surface area contributed by atoms with Crippen molar-refractivity contribution in [2.45, 2.75) is 78.4 Å².